The fraction of sp³-hybridized carbons (Fsp3) is 0.680. The first-order valence-electron chi connectivity index (χ1n) is 12.4. The highest BCUT2D eigenvalue weighted by atomic mass is 28.4. The standard InChI is InChI=1S/C25H41N3O8Si/c1-24(2,3)35-23(31)27-15-19(36-37(7,8)25(4,5)6)13-20(27)21(29)14-26-22(30)34-16-17-9-11-18(12-10-17)28(32)33/h9-12,19-21,29H,13-16H2,1-8H3,(H,26,30)/t19-,20+,21+/m1/s1. The molecule has 0 aliphatic carbocycles. The highest BCUT2D eigenvalue weighted by molar-refractivity contribution is 6.74. The summed E-state index contributed by atoms with van der Waals surface area (Å²) in [7, 11) is -2.12. The Balaban J connectivity index is 2.00. The molecule has 2 amide bonds. The topological polar surface area (TPSA) is 140 Å². The van der Waals surface area contributed by atoms with Crippen molar-refractivity contribution in [2.75, 3.05) is 13.1 Å². The van der Waals surface area contributed by atoms with E-state index in [1.54, 1.807) is 20.8 Å². The van der Waals surface area contributed by atoms with E-state index in [1.165, 1.54) is 29.2 Å². The van der Waals surface area contributed by atoms with Crippen molar-refractivity contribution in [3.63, 3.8) is 0 Å². The third-order valence-electron chi connectivity index (χ3n) is 6.62. The maximum atomic E-state index is 12.9. The summed E-state index contributed by atoms with van der Waals surface area (Å²) in [4.78, 5) is 36.9. The third-order valence-corrected chi connectivity index (χ3v) is 11.2. The molecule has 1 saturated heterocycles. The van der Waals surface area contributed by atoms with Gasteiger partial charge >= 0.3 is 12.2 Å². The molecule has 37 heavy (non-hydrogen) atoms. The minimum absolute atomic E-state index is 0.0184. The van der Waals surface area contributed by atoms with E-state index in [9.17, 15) is 24.8 Å². The Labute approximate surface area is 219 Å². The van der Waals surface area contributed by atoms with Gasteiger partial charge < -0.3 is 24.3 Å². The van der Waals surface area contributed by atoms with Crippen molar-refractivity contribution in [2.45, 2.75) is 96.6 Å². The maximum Gasteiger partial charge on any atom is 0.410 e. The maximum absolute atomic E-state index is 12.9. The lowest BCUT2D eigenvalue weighted by Gasteiger charge is -2.38. The molecule has 2 N–H and O–H groups in total. The van der Waals surface area contributed by atoms with Crippen LogP contribution in [0.5, 0.6) is 0 Å². The minimum Gasteiger partial charge on any atom is -0.445 e. The van der Waals surface area contributed by atoms with E-state index in [-0.39, 0.29) is 36.5 Å². The van der Waals surface area contributed by atoms with Gasteiger partial charge in [0.05, 0.1) is 23.2 Å². The summed E-state index contributed by atoms with van der Waals surface area (Å²) in [5.74, 6) is 0. The number of non-ortho nitro benzene ring substituents is 1. The number of carbonyl (C=O) groups excluding carboxylic acids is 2. The molecule has 0 saturated carbocycles. The van der Waals surface area contributed by atoms with Crippen LogP contribution in [0.15, 0.2) is 24.3 Å². The van der Waals surface area contributed by atoms with Gasteiger partial charge in [-0.15, -0.1) is 0 Å². The van der Waals surface area contributed by atoms with Crippen LogP contribution in [0.2, 0.25) is 18.1 Å². The molecule has 1 aliphatic heterocycles. The fourth-order valence-electron chi connectivity index (χ4n) is 3.64. The highest BCUT2D eigenvalue weighted by Crippen LogP contribution is 2.39. The van der Waals surface area contributed by atoms with Gasteiger partial charge in [-0.05, 0) is 63.0 Å². The van der Waals surface area contributed by atoms with Crippen molar-refractivity contribution in [3.05, 3.63) is 39.9 Å². The monoisotopic (exact) mass is 539 g/mol. The third kappa shape index (κ3) is 8.97. The van der Waals surface area contributed by atoms with E-state index in [0.29, 0.717) is 12.0 Å². The predicted molar refractivity (Wildman–Crippen MR) is 141 cm³/mol. The molecule has 208 valence electrons. The number of alkyl carbamates (subject to hydrolysis) is 1. The lowest BCUT2D eigenvalue weighted by molar-refractivity contribution is -0.384. The average Bonchev–Trinajstić information content (AvgIpc) is 3.17. The number of nitro benzene ring substituents is 1. The second kappa shape index (κ2) is 11.8. The van der Waals surface area contributed by atoms with Crippen LogP contribution in [0.4, 0.5) is 15.3 Å². The van der Waals surface area contributed by atoms with Gasteiger partial charge in [-0.25, -0.2) is 9.59 Å². The second-order valence-corrected chi connectivity index (χ2v) is 16.6. The minimum atomic E-state index is -2.12. The number of rotatable bonds is 8. The van der Waals surface area contributed by atoms with Crippen molar-refractivity contribution >= 4 is 26.2 Å². The molecular weight excluding hydrogens is 498 g/mol. The van der Waals surface area contributed by atoms with Gasteiger partial charge in [-0.2, -0.15) is 0 Å². The van der Waals surface area contributed by atoms with E-state index >= 15 is 0 Å². The van der Waals surface area contributed by atoms with E-state index in [1.807, 2.05) is 0 Å². The Morgan fingerprint density at radius 2 is 1.78 bits per heavy atom. The molecule has 1 aromatic rings. The summed E-state index contributed by atoms with van der Waals surface area (Å²) in [6, 6.07) is 5.04. The number of carbonyl (C=O) groups is 2. The van der Waals surface area contributed by atoms with E-state index in [0.717, 1.165) is 0 Å². The highest BCUT2D eigenvalue weighted by Gasteiger charge is 2.46. The number of hydrogen-bond acceptors (Lipinski definition) is 8. The number of benzene rings is 1. The van der Waals surface area contributed by atoms with Gasteiger partial charge in [0.2, 0.25) is 0 Å². The van der Waals surface area contributed by atoms with Crippen LogP contribution < -0.4 is 5.32 Å². The quantitative estimate of drug-likeness (QED) is 0.278. The van der Waals surface area contributed by atoms with Crippen LogP contribution in [0.3, 0.4) is 0 Å². The van der Waals surface area contributed by atoms with Gasteiger partial charge in [0, 0.05) is 25.2 Å². The van der Waals surface area contributed by atoms with Crippen molar-refractivity contribution in [1.29, 1.82) is 0 Å². The Hall–Kier alpha value is -2.70. The number of hydrogen-bond donors (Lipinski definition) is 2. The summed E-state index contributed by atoms with van der Waals surface area (Å²) >= 11 is 0. The first-order valence-corrected chi connectivity index (χ1v) is 15.3. The smallest absolute Gasteiger partial charge is 0.410 e. The van der Waals surface area contributed by atoms with Crippen LogP contribution in [-0.2, 0) is 20.5 Å². The van der Waals surface area contributed by atoms with Gasteiger partial charge in [0.15, 0.2) is 8.32 Å². The number of nitro groups is 1. The number of nitrogens with one attached hydrogen (secondary N) is 1. The van der Waals surface area contributed by atoms with Gasteiger partial charge in [-0.3, -0.25) is 15.0 Å². The molecular formula is C25H41N3O8Si. The van der Waals surface area contributed by atoms with E-state index in [4.69, 9.17) is 13.9 Å². The number of likely N-dealkylation sites (tertiary alicyclic amines) is 1. The van der Waals surface area contributed by atoms with Crippen LogP contribution in [-0.4, -0.2) is 72.4 Å². The van der Waals surface area contributed by atoms with E-state index < -0.39 is 43.2 Å². The molecule has 2 rings (SSSR count). The largest absolute Gasteiger partial charge is 0.445 e. The molecule has 3 atom stereocenters. The lowest BCUT2D eigenvalue weighted by Crippen LogP contribution is -2.49. The molecule has 0 unspecified atom stereocenters. The van der Waals surface area contributed by atoms with E-state index in [2.05, 4.69) is 39.2 Å². The first-order chi connectivity index (χ1) is 16.9. The van der Waals surface area contributed by atoms with Crippen molar-refractivity contribution < 1.29 is 33.5 Å². The molecule has 0 aromatic heterocycles. The molecule has 0 spiro atoms. The Morgan fingerprint density at radius 3 is 2.30 bits per heavy atom. The number of amides is 2. The van der Waals surface area contributed by atoms with Crippen LogP contribution in [0, 0.1) is 10.1 Å². The molecule has 12 heteroatoms. The zero-order valence-corrected chi connectivity index (χ0v) is 24.1. The van der Waals surface area contributed by atoms with Crippen LogP contribution in [0.1, 0.15) is 53.5 Å². The Kier molecular flexibility index (Phi) is 9.72. The fourth-order valence-corrected chi connectivity index (χ4v) is 5.00. The van der Waals surface area contributed by atoms with Gasteiger partial charge in [0.25, 0.3) is 5.69 Å². The average molecular weight is 540 g/mol. The van der Waals surface area contributed by atoms with Crippen LogP contribution in [0.25, 0.3) is 0 Å². The normalized spacial score (nSPS) is 19.3. The number of aliphatic hydroxyl groups excluding tert-OH is 1. The molecule has 1 aromatic carbocycles. The second-order valence-electron chi connectivity index (χ2n) is 11.9. The summed E-state index contributed by atoms with van der Waals surface area (Å²) in [6.45, 7) is 16.1. The molecule has 11 nitrogen and oxygen atoms in total. The molecule has 1 fully saturated rings. The summed E-state index contributed by atoms with van der Waals surface area (Å²) < 4.78 is 17.2. The molecule has 1 heterocycles. The van der Waals surface area contributed by atoms with Crippen molar-refractivity contribution in [1.82, 2.24) is 10.2 Å². The zero-order chi connectivity index (χ0) is 28.2. The number of nitrogens with zero attached hydrogens (tertiary/aromatic N) is 2. The molecule has 0 bridgehead atoms. The van der Waals surface area contributed by atoms with Crippen molar-refractivity contribution in [3.8, 4) is 0 Å². The van der Waals surface area contributed by atoms with Gasteiger partial charge in [-0.1, -0.05) is 20.8 Å². The first kappa shape index (κ1) is 30.5. The molecule has 1 aliphatic rings. The van der Waals surface area contributed by atoms with Crippen LogP contribution >= 0.6 is 0 Å². The Morgan fingerprint density at radius 1 is 1.19 bits per heavy atom. The summed E-state index contributed by atoms with van der Waals surface area (Å²) in [5, 5.41) is 24.2. The molecule has 0 radical (unpaired) electrons. The number of ether oxygens (including phenoxy) is 2. The van der Waals surface area contributed by atoms with Crippen molar-refractivity contribution in [2.24, 2.45) is 0 Å². The van der Waals surface area contributed by atoms with Gasteiger partial charge in [0.1, 0.15) is 12.2 Å². The summed E-state index contributed by atoms with van der Waals surface area (Å²) in [6.07, 6.45) is -2.23. The zero-order valence-electron chi connectivity index (χ0n) is 23.1. The summed E-state index contributed by atoms with van der Waals surface area (Å²) in [5.41, 5.74) is -0.178. The number of aliphatic hydroxyl groups is 1. The Bertz CT molecular complexity index is 956. The predicted octanol–water partition coefficient (Wildman–Crippen LogP) is 4.58. The lowest BCUT2D eigenvalue weighted by atomic mass is 10.1. The SMILES string of the molecule is CC(C)(C)OC(=O)N1C[C@H](O[Si](C)(C)C(C)(C)C)C[C@H]1[C@@H](O)CNC(=O)OCc1ccc([N+](=O)[O-])cc1.